The highest BCUT2D eigenvalue weighted by atomic mass is 16.5. The minimum absolute atomic E-state index is 0.223. The van der Waals surface area contributed by atoms with E-state index in [0.717, 1.165) is 32.4 Å². The molecule has 0 bridgehead atoms. The Morgan fingerprint density at radius 1 is 1.04 bits per heavy atom. The van der Waals surface area contributed by atoms with Crippen molar-refractivity contribution >= 4 is 5.97 Å². The number of aliphatic carboxylic acids is 1. The number of hydrogen-bond acceptors (Lipinski definition) is 3. The van der Waals surface area contributed by atoms with Crippen LogP contribution in [0.15, 0.2) is 60.7 Å². The standard InChI is InChI=1S/C23H29NO3/c25-23(26)21-12-7-14-24(18-21)15-17-27-16-13-22(19-8-3-1-4-9-19)20-10-5-2-6-11-20/h1-6,8-11,21-22H,7,12-18H2,(H,25,26)/t21-/m1/s1. The Bertz CT molecular complexity index is 650. The van der Waals surface area contributed by atoms with Crippen molar-refractivity contribution in [1.82, 2.24) is 4.90 Å². The maximum Gasteiger partial charge on any atom is 0.307 e. The van der Waals surface area contributed by atoms with E-state index >= 15 is 0 Å². The van der Waals surface area contributed by atoms with Crippen LogP contribution in [0.25, 0.3) is 0 Å². The quantitative estimate of drug-likeness (QED) is 0.680. The first-order valence-electron chi connectivity index (χ1n) is 9.87. The molecule has 0 aromatic heterocycles. The van der Waals surface area contributed by atoms with E-state index in [1.165, 1.54) is 11.1 Å². The molecule has 1 N–H and O–H groups in total. The molecule has 2 aromatic carbocycles. The molecule has 0 amide bonds. The third kappa shape index (κ3) is 5.91. The number of carbonyl (C=O) groups is 1. The van der Waals surface area contributed by atoms with Gasteiger partial charge in [-0.3, -0.25) is 4.79 Å². The Morgan fingerprint density at radius 2 is 1.67 bits per heavy atom. The highest BCUT2D eigenvalue weighted by Gasteiger charge is 2.24. The molecule has 144 valence electrons. The van der Waals surface area contributed by atoms with Gasteiger partial charge in [0, 0.05) is 25.6 Å². The number of piperidine rings is 1. The van der Waals surface area contributed by atoms with Gasteiger partial charge >= 0.3 is 5.97 Å². The van der Waals surface area contributed by atoms with E-state index in [2.05, 4.69) is 53.4 Å². The summed E-state index contributed by atoms with van der Waals surface area (Å²) in [6.45, 7) is 3.79. The van der Waals surface area contributed by atoms with Crippen molar-refractivity contribution in [2.75, 3.05) is 32.8 Å². The Hall–Kier alpha value is -2.17. The van der Waals surface area contributed by atoms with Crippen molar-refractivity contribution in [3.05, 3.63) is 71.8 Å². The number of rotatable bonds is 9. The summed E-state index contributed by atoms with van der Waals surface area (Å²) in [5, 5.41) is 9.19. The molecule has 1 atom stereocenters. The van der Waals surface area contributed by atoms with Crippen molar-refractivity contribution in [3.63, 3.8) is 0 Å². The van der Waals surface area contributed by atoms with Gasteiger partial charge in [0.2, 0.25) is 0 Å². The van der Waals surface area contributed by atoms with Gasteiger partial charge in [0.1, 0.15) is 0 Å². The maximum atomic E-state index is 11.2. The average Bonchev–Trinajstić information content (AvgIpc) is 2.72. The summed E-state index contributed by atoms with van der Waals surface area (Å²) in [5.41, 5.74) is 2.63. The molecule has 0 radical (unpaired) electrons. The maximum absolute atomic E-state index is 11.2. The lowest BCUT2D eigenvalue weighted by molar-refractivity contribution is -0.143. The van der Waals surface area contributed by atoms with Gasteiger partial charge in [-0.05, 0) is 36.9 Å². The van der Waals surface area contributed by atoms with Crippen LogP contribution in [0.3, 0.4) is 0 Å². The Labute approximate surface area is 161 Å². The first-order valence-corrected chi connectivity index (χ1v) is 9.87. The second kappa shape index (κ2) is 10.2. The molecule has 2 aromatic rings. The number of carboxylic acids is 1. The van der Waals surface area contributed by atoms with Crippen molar-refractivity contribution in [1.29, 1.82) is 0 Å². The minimum atomic E-state index is -0.672. The van der Waals surface area contributed by atoms with Gasteiger partial charge in [0.25, 0.3) is 0 Å². The molecule has 1 aliphatic heterocycles. The van der Waals surface area contributed by atoms with E-state index in [-0.39, 0.29) is 5.92 Å². The van der Waals surface area contributed by atoms with Gasteiger partial charge in [-0.25, -0.2) is 0 Å². The summed E-state index contributed by atoms with van der Waals surface area (Å²) in [6.07, 6.45) is 2.69. The molecule has 0 unspecified atom stereocenters. The van der Waals surface area contributed by atoms with E-state index in [0.29, 0.717) is 25.7 Å². The second-order valence-corrected chi connectivity index (χ2v) is 7.25. The number of ether oxygens (including phenoxy) is 1. The van der Waals surface area contributed by atoms with Crippen LogP contribution in [0.1, 0.15) is 36.3 Å². The molecule has 4 heteroatoms. The fourth-order valence-electron chi connectivity index (χ4n) is 3.85. The topological polar surface area (TPSA) is 49.8 Å². The van der Waals surface area contributed by atoms with Crippen LogP contribution in [0.5, 0.6) is 0 Å². The first-order chi connectivity index (χ1) is 13.2. The van der Waals surface area contributed by atoms with Crippen molar-refractivity contribution in [3.8, 4) is 0 Å². The van der Waals surface area contributed by atoms with Gasteiger partial charge in [-0.2, -0.15) is 0 Å². The first kappa shape index (κ1) is 19.6. The van der Waals surface area contributed by atoms with Crippen LogP contribution in [-0.4, -0.2) is 48.8 Å². The van der Waals surface area contributed by atoms with Gasteiger partial charge in [0.05, 0.1) is 12.5 Å². The lowest BCUT2D eigenvalue weighted by atomic mass is 9.89. The number of likely N-dealkylation sites (tertiary alicyclic amines) is 1. The average molecular weight is 367 g/mol. The van der Waals surface area contributed by atoms with Crippen molar-refractivity contribution in [2.45, 2.75) is 25.2 Å². The molecule has 1 heterocycles. The zero-order valence-corrected chi connectivity index (χ0v) is 15.8. The van der Waals surface area contributed by atoms with Crippen LogP contribution in [0, 0.1) is 5.92 Å². The molecule has 4 nitrogen and oxygen atoms in total. The van der Waals surface area contributed by atoms with Crippen LogP contribution in [0.2, 0.25) is 0 Å². The normalized spacial score (nSPS) is 17.9. The van der Waals surface area contributed by atoms with Gasteiger partial charge in [-0.15, -0.1) is 0 Å². The second-order valence-electron chi connectivity index (χ2n) is 7.25. The van der Waals surface area contributed by atoms with Gasteiger partial charge < -0.3 is 14.7 Å². The van der Waals surface area contributed by atoms with E-state index in [9.17, 15) is 9.90 Å². The fraction of sp³-hybridized carbons (Fsp3) is 0.435. The van der Waals surface area contributed by atoms with Crippen molar-refractivity contribution in [2.24, 2.45) is 5.92 Å². The third-order valence-corrected chi connectivity index (χ3v) is 5.36. The third-order valence-electron chi connectivity index (χ3n) is 5.36. The summed E-state index contributed by atoms with van der Waals surface area (Å²) >= 11 is 0. The molecule has 27 heavy (non-hydrogen) atoms. The predicted octanol–water partition coefficient (Wildman–Crippen LogP) is 4.02. The summed E-state index contributed by atoms with van der Waals surface area (Å²) in [6, 6.07) is 21.1. The van der Waals surface area contributed by atoms with Crippen LogP contribution in [0.4, 0.5) is 0 Å². The molecule has 3 rings (SSSR count). The molecular weight excluding hydrogens is 338 g/mol. The summed E-state index contributed by atoms with van der Waals surface area (Å²) in [4.78, 5) is 13.4. The fourth-order valence-corrected chi connectivity index (χ4v) is 3.85. The highest BCUT2D eigenvalue weighted by Crippen LogP contribution is 2.27. The number of benzene rings is 2. The smallest absolute Gasteiger partial charge is 0.307 e. The van der Waals surface area contributed by atoms with E-state index < -0.39 is 5.97 Å². The Balaban J connectivity index is 1.46. The molecule has 1 saturated heterocycles. The largest absolute Gasteiger partial charge is 0.481 e. The van der Waals surface area contributed by atoms with Gasteiger partial charge in [0.15, 0.2) is 0 Å². The molecular formula is C23H29NO3. The summed E-state index contributed by atoms with van der Waals surface area (Å²) < 4.78 is 5.92. The monoisotopic (exact) mass is 367 g/mol. The SMILES string of the molecule is O=C(O)[C@@H]1CCCN(CCOCCC(c2ccccc2)c2ccccc2)C1. The van der Waals surface area contributed by atoms with E-state index in [1.54, 1.807) is 0 Å². The number of nitrogens with zero attached hydrogens (tertiary/aromatic N) is 1. The zero-order chi connectivity index (χ0) is 18.9. The molecule has 0 saturated carbocycles. The number of hydrogen-bond donors (Lipinski definition) is 1. The number of carboxylic acid groups (broad SMARTS) is 1. The molecule has 0 aliphatic carbocycles. The van der Waals surface area contributed by atoms with E-state index in [4.69, 9.17) is 4.74 Å². The summed E-state index contributed by atoms with van der Waals surface area (Å²) in [7, 11) is 0. The van der Waals surface area contributed by atoms with Crippen molar-refractivity contribution < 1.29 is 14.6 Å². The highest BCUT2D eigenvalue weighted by molar-refractivity contribution is 5.70. The summed E-state index contributed by atoms with van der Waals surface area (Å²) in [5.74, 6) is -0.563. The Kier molecular flexibility index (Phi) is 7.43. The van der Waals surface area contributed by atoms with Crippen LogP contribution < -0.4 is 0 Å². The minimum Gasteiger partial charge on any atom is -0.481 e. The van der Waals surface area contributed by atoms with Gasteiger partial charge in [-0.1, -0.05) is 60.7 Å². The van der Waals surface area contributed by atoms with Crippen LogP contribution >= 0.6 is 0 Å². The Morgan fingerprint density at radius 3 is 2.26 bits per heavy atom. The van der Waals surface area contributed by atoms with Crippen LogP contribution in [-0.2, 0) is 9.53 Å². The lowest BCUT2D eigenvalue weighted by Crippen LogP contribution is -2.40. The molecule has 1 fully saturated rings. The zero-order valence-electron chi connectivity index (χ0n) is 15.8. The van der Waals surface area contributed by atoms with E-state index in [1.807, 2.05) is 12.1 Å². The lowest BCUT2D eigenvalue weighted by Gasteiger charge is -2.30. The predicted molar refractivity (Wildman–Crippen MR) is 107 cm³/mol. The molecule has 1 aliphatic rings. The molecule has 0 spiro atoms.